The zero-order valence-electron chi connectivity index (χ0n) is 15.5. The summed E-state index contributed by atoms with van der Waals surface area (Å²) < 4.78 is 19.8. The first-order valence-corrected chi connectivity index (χ1v) is 9.79. The second-order valence-corrected chi connectivity index (χ2v) is 6.85. The average Bonchev–Trinajstić information content (AvgIpc) is 3.20. The van der Waals surface area contributed by atoms with Gasteiger partial charge >= 0.3 is 5.97 Å². The molecule has 0 saturated heterocycles. The summed E-state index contributed by atoms with van der Waals surface area (Å²) in [6, 6.07) is 12.3. The summed E-state index contributed by atoms with van der Waals surface area (Å²) in [6.45, 7) is 2.28. The van der Waals surface area contributed by atoms with Crippen molar-refractivity contribution in [3.05, 3.63) is 59.9 Å². The third-order valence-corrected chi connectivity index (χ3v) is 4.59. The summed E-state index contributed by atoms with van der Waals surface area (Å²) in [6.07, 6.45) is 0.750. The van der Waals surface area contributed by atoms with Crippen LogP contribution in [-0.4, -0.2) is 44.4 Å². The van der Waals surface area contributed by atoms with Crippen LogP contribution in [0.2, 0.25) is 0 Å². The lowest BCUT2D eigenvalue weighted by molar-refractivity contribution is -0.113. The van der Waals surface area contributed by atoms with E-state index in [1.54, 1.807) is 36.4 Å². The van der Waals surface area contributed by atoms with Crippen molar-refractivity contribution in [1.29, 1.82) is 0 Å². The van der Waals surface area contributed by atoms with Crippen molar-refractivity contribution in [3.63, 3.8) is 0 Å². The van der Waals surface area contributed by atoms with E-state index in [4.69, 9.17) is 4.74 Å². The molecule has 1 aromatic heterocycles. The van der Waals surface area contributed by atoms with Gasteiger partial charge in [0.15, 0.2) is 0 Å². The van der Waals surface area contributed by atoms with E-state index < -0.39 is 11.8 Å². The highest BCUT2D eigenvalue weighted by Crippen LogP contribution is 2.19. The van der Waals surface area contributed by atoms with Crippen LogP contribution in [-0.2, 0) is 9.53 Å². The van der Waals surface area contributed by atoms with Crippen LogP contribution in [0.25, 0.3) is 5.69 Å². The fraction of sp³-hybridized carbons (Fsp3) is 0.211. The molecule has 0 saturated carbocycles. The number of aromatic nitrogens is 4. The highest BCUT2D eigenvalue weighted by molar-refractivity contribution is 7.99. The third-order valence-electron chi connectivity index (χ3n) is 3.67. The highest BCUT2D eigenvalue weighted by Gasteiger charge is 2.13. The summed E-state index contributed by atoms with van der Waals surface area (Å²) in [5.74, 6) is -1.03. The molecule has 0 bridgehead atoms. The van der Waals surface area contributed by atoms with Crippen molar-refractivity contribution in [2.75, 3.05) is 17.7 Å². The number of hydrogen-bond donors (Lipinski definition) is 1. The molecule has 0 unspecified atom stereocenters. The van der Waals surface area contributed by atoms with Crippen LogP contribution >= 0.6 is 11.8 Å². The van der Waals surface area contributed by atoms with Crippen LogP contribution in [0.15, 0.2) is 53.7 Å². The van der Waals surface area contributed by atoms with Gasteiger partial charge in [0.25, 0.3) is 0 Å². The number of halogens is 1. The lowest BCUT2D eigenvalue weighted by Crippen LogP contribution is -2.15. The maximum atomic E-state index is 13.4. The summed E-state index contributed by atoms with van der Waals surface area (Å²) in [4.78, 5) is 24.0. The minimum Gasteiger partial charge on any atom is -0.462 e. The average molecular weight is 415 g/mol. The number of amides is 1. The minimum atomic E-state index is -0.409. The number of nitrogens with zero attached hydrogens (tertiary/aromatic N) is 4. The van der Waals surface area contributed by atoms with Gasteiger partial charge in [-0.1, -0.05) is 24.8 Å². The molecule has 3 rings (SSSR count). The van der Waals surface area contributed by atoms with Crippen LogP contribution in [0.3, 0.4) is 0 Å². The monoisotopic (exact) mass is 415 g/mol. The highest BCUT2D eigenvalue weighted by atomic mass is 32.2. The zero-order chi connectivity index (χ0) is 20.6. The molecule has 1 heterocycles. The van der Waals surface area contributed by atoms with Crippen LogP contribution in [0.4, 0.5) is 10.1 Å². The van der Waals surface area contributed by atoms with Gasteiger partial charge in [0, 0.05) is 5.69 Å². The molecule has 29 heavy (non-hydrogen) atoms. The van der Waals surface area contributed by atoms with Gasteiger partial charge in [-0.15, -0.1) is 5.10 Å². The summed E-state index contributed by atoms with van der Waals surface area (Å²) in [7, 11) is 0. The maximum absolute atomic E-state index is 13.4. The SMILES string of the molecule is CCCOC(=O)c1ccc(NC(=O)CSc2nnnn2-c2cccc(F)c2)cc1. The number of rotatable bonds is 8. The molecule has 2 aromatic carbocycles. The third kappa shape index (κ3) is 5.61. The number of tetrazole rings is 1. The lowest BCUT2D eigenvalue weighted by Gasteiger charge is -2.07. The number of ether oxygens (including phenoxy) is 1. The van der Waals surface area contributed by atoms with Gasteiger partial charge in [-0.25, -0.2) is 9.18 Å². The van der Waals surface area contributed by atoms with Crippen molar-refractivity contribution in [1.82, 2.24) is 20.2 Å². The Labute approximate surface area is 170 Å². The standard InChI is InChI=1S/C19H18FN5O3S/c1-2-10-28-18(27)13-6-8-15(9-7-13)21-17(26)12-29-19-22-23-24-25(19)16-5-3-4-14(20)11-16/h3-9,11H,2,10,12H2,1H3,(H,21,26). The molecule has 10 heteroatoms. The Balaban J connectivity index is 1.56. The topological polar surface area (TPSA) is 99.0 Å². The number of carbonyl (C=O) groups excluding carboxylic acids is 2. The Kier molecular flexibility index (Phi) is 6.90. The molecule has 0 aliphatic heterocycles. The summed E-state index contributed by atoms with van der Waals surface area (Å²) in [5, 5.41) is 14.4. The van der Waals surface area contributed by atoms with Gasteiger partial charge in [-0.2, -0.15) is 4.68 Å². The van der Waals surface area contributed by atoms with Gasteiger partial charge in [0.2, 0.25) is 11.1 Å². The van der Waals surface area contributed by atoms with Crippen molar-refractivity contribution >= 4 is 29.3 Å². The Hall–Kier alpha value is -3.27. The van der Waals surface area contributed by atoms with E-state index in [-0.39, 0.29) is 11.7 Å². The molecular formula is C19H18FN5O3S. The summed E-state index contributed by atoms with van der Waals surface area (Å²) in [5.41, 5.74) is 1.43. The summed E-state index contributed by atoms with van der Waals surface area (Å²) >= 11 is 1.12. The van der Waals surface area contributed by atoms with Crippen molar-refractivity contribution < 1.29 is 18.7 Å². The first-order chi connectivity index (χ1) is 14.1. The Morgan fingerprint density at radius 3 is 2.72 bits per heavy atom. The quantitative estimate of drug-likeness (QED) is 0.446. The lowest BCUT2D eigenvalue weighted by atomic mass is 10.2. The number of carbonyl (C=O) groups is 2. The molecule has 0 fully saturated rings. The normalized spacial score (nSPS) is 10.6. The van der Waals surface area contributed by atoms with E-state index in [9.17, 15) is 14.0 Å². The molecule has 8 nitrogen and oxygen atoms in total. The second kappa shape index (κ2) is 9.78. The fourth-order valence-corrected chi connectivity index (χ4v) is 3.02. The Bertz CT molecular complexity index is 994. The first-order valence-electron chi connectivity index (χ1n) is 8.81. The minimum absolute atomic E-state index is 0.0516. The number of nitrogens with one attached hydrogen (secondary N) is 1. The molecule has 1 amide bonds. The fourth-order valence-electron chi connectivity index (χ4n) is 2.33. The molecule has 0 aliphatic carbocycles. The van der Waals surface area contributed by atoms with E-state index in [1.807, 2.05) is 6.92 Å². The van der Waals surface area contributed by atoms with E-state index in [0.29, 0.717) is 28.7 Å². The number of esters is 1. The number of anilines is 1. The van der Waals surface area contributed by atoms with Crippen LogP contribution in [0.1, 0.15) is 23.7 Å². The number of benzene rings is 2. The van der Waals surface area contributed by atoms with Gasteiger partial charge in [0.1, 0.15) is 5.82 Å². The number of thioether (sulfide) groups is 1. The molecule has 150 valence electrons. The first kappa shape index (κ1) is 20.5. The molecule has 0 aliphatic rings. The van der Waals surface area contributed by atoms with Gasteiger partial charge < -0.3 is 10.1 Å². The van der Waals surface area contributed by atoms with E-state index >= 15 is 0 Å². The van der Waals surface area contributed by atoms with E-state index in [1.165, 1.54) is 16.8 Å². The van der Waals surface area contributed by atoms with Gasteiger partial charge in [0.05, 0.1) is 23.6 Å². The van der Waals surface area contributed by atoms with E-state index in [2.05, 4.69) is 20.8 Å². The molecular weight excluding hydrogens is 397 g/mol. The Morgan fingerprint density at radius 2 is 2.00 bits per heavy atom. The predicted molar refractivity (Wildman–Crippen MR) is 105 cm³/mol. The van der Waals surface area contributed by atoms with Gasteiger partial charge in [-0.05, 0) is 59.3 Å². The Morgan fingerprint density at radius 1 is 1.21 bits per heavy atom. The molecule has 1 N–H and O–H groups in total. The molecule has 3 aromatic rings. The van der Waals surface area contributed by atoms with Crippen molar-refractivity contribution in [2.24, 2.45) is 0 Å². The van der Waals surface area contributed by atoms with Crippen molar-refractivity contribution in [3.8, 4) is 5.69 Å². The number of hydrogen-bond acceptors (Lipinski definition) is 7. The van der Waals surface area contributed by atoms with Crippen LogP contribution in [0.5, 0.6) is 0 Å². The largest absolute Gasteiger partial charge is 0.462 e. The zero-order valence-corrected chi connectivity index (χ0v) is 16.4. The maximum Gasteiger partial charge on any atom is 0.338 e. The molecule has 0 atom stereocenters. The van der Waals surface area contributed by atoms with E-state index in [0.717, 1.165) is 18.2 Å². The second-order valence-electron chi connectivity index (χ2n) is 5.90. The smallest absolute Gasteiger partial charge is 0.338 e. The van der Waals surface area contributed by atoms with Gasteiger partial charge in [-0.3, -0.25) is 4.79 Å². The molecule has 0 radical (unpaired) electrons. The van der Waals surface area contributed by atoms with Crippen LogP contribution < -0.4 is 5.32 Å². The predicted octanol–water partition coefficient (Wildman–Crippen LogP) is 3.10. The molecule has 0 spiro atoms. The van der Waals surface area contributed by atoms with Crippen molar-refractivity contribution in [2.45, 2.75) is 18.5 Å². The van der Waals surface area contributed by atoms with Crippen LogP contribution in [0, 0.1) is 5.82 Å².